The summed E-state index contributed by atoms with van der Waals surface area (Å²) in [4.78, 5) is 3.38. The molecule has 0 aliphatic rings. The van der Waals surface area contributed by atoms with Crippen LogP contribution in [0.25, 0.3) is 32.3 Å². The van der Waals surface area contributed by atoms with E-state index in [2.05, 4.69) is 51.4 Å². The van der Waals surface area contributed by atoms with Crippen molar-refractivity contribution < 1.29 is 40.9 Å². The van der Waals surface area contributed by atoms with Gasteiger partial charge in [-0.15, -0.1) is 0 Å². The minimum Gasteiger partial charge on any atom is -0.504 e. The number of rotatable bonds is 8. The molecule has 0 radical (unpaired) electrons. The number of halogens is 1. The van der Waals surface area contributed by atoms with Crippen molar-refractivity contribution in [2.45, 2.75) is 39.3 Å². The van der Waals surface area contributed by atoms with Gasteiger partial charge in [-0.05, 0) is 80.5 Å². The number of phenolic OH excluding ortho intramolecular Hbond substituents is 8. The number of anilines is 6. The van der Waals surface area contributed by atoms with Gasteiger partial charge in [0.05, 0.1) is 31.1 Å². The SMILES string of the molecule is C[Si](C)(C)c1ccc(N(c2c(O)c(O)cc(O)c2O)c2ccc3ccc4c(N(c5ccc([Si](C)(C)C)cc5)c5c(O)c(O)c(O)c(O)c5I)ccc5ccc2c3c54)cc1. The van der Waals surface area contributed by atoms with E-state index in [0.717, 1.165) is 38.4 Å². The van der Waals surface area contributed by atoms with Gasteiger partial charge in [-0.1, -0.05) is 110 Å². The van der Waals surface area contributed by atoms with Crippen LogP contribution in [0.4, 0.5) is 34.1 Å². The topological polar surface area (TPSA) is 168 Å². The molecule has 0 spiro atoms. The molecule has 8 aromatic carbocycles. The molecule has 0 unspecified atom stereocenters. The second-order valence-corrected chi connectivity index (χ2v) is 28.1. The van der Waals surface area contributed by atoms with Gasteiger partial charge >= 0.3 is 0 Å². The Hall–Kier alpha value is -6.04. The Morgan fingerprint density at radius 3 is 1.19 bits per heavy atom. The summed E-state index contributed by atoms with van der Waals surface area (Å²) >= 11 is 1.85. The molecule has 300 valence electrons. The van der Waals surface area contributed by atoms with E-state index < -0.39 is 62.1 Å². The van der Waals surface area contributed by atoms with Crippen LogP contribution in [-0.4, -0.2) is 57.0 Å². The molecule has 0 fully saturated rings. The first-order valence-electron chi connectivity index (χ1n) is 18.9. The fourth-order valence-electron chi connectivity index (χ4n) is 7.85. The molecular weight excluding hydrogens is 892 g/mol. The molecule has 0 heterocycles. The average molecular weight is 935 g/mol. The molecule has 59 heavy (non-hydrogen) atoms. The van der Waals surface area contributed by atoms with Crippen LogP contribution in [-0.2, 0) is 0 Å². The summed E-state index contributed by atoms with van der Waals surface area (Å²) in [6.07, 6.45) is 0. The highest BCUT2D eigenvalue weighted by atomic mass is 127. The van der Waals surface area contributed by atoms with E-state index >= 15 is 0 Å². The number of hydrogen-bond acceptors (Lipinski definition) is 10. The van der Waals surface area contributed by atoms with Gasteiger partial charge in [0.15, 0.2) is 34.5 Å². The summed E-state index contributed by atoms with van der Waals surface area (Å²) < 4.78 is 0.113. The van der Waals surface area contributed by atoms with Gasteiger partial charge in [-0.3, -0.25) is 0 Å². The van der Waals surface area contributed by atoms with Crippen molar-refractivity contribution in [1.82, 2.24) is 0 Å². The lowest BCUT2D eigenvalue weighted by Gasteiger charge is -2.31. The predicted molar refractivity (Wildman–Crippen MR) is 252 cm³/mol. The van der Waals surface area contributed by atoms with Crippen LogP contribution in [0.5, 0.6) is 46.0 Å². The summed E-state index contributed by atoms with van der Waals surface area (Å²) in [5.74, 6) is -5.33. The second-order valence-electron chi connectivity index (χ2n) is 16.9. The van der Waals surface area contributed by atoms with E-state index in [0.29, 0.717) is 22.7 Å². The smallest absolute Gasteiger partial charge is 0.206 e. The van der Waals surface area contributed by atoms with E-state index in [9.17, 15) is 40.9 Å². The van der Waals surface area contributed by atoms with E-state index in [1.807, 2.05) is 108 Å². The number of aromatic hydroxyl groups is 8. The van der Waals surface area contributed by atoms with Crippen LogP contribution >= 0.6 is 22.6 Å². The first kappa shape index (κ1) is 39.8. The summed E-state index contributed by atoms with van der Waals surface area (Å²) in [6, 6.07) is 32.2. The average Bonchev–Trinajstić information content (AvgIpc) is 3.20. The Morgan fingerprint density at radius 1 is 0.407 bits per heavy atom. The Morgan fingerprint density at radius 2 is 0.780 bits per heavy atom. The van der Waals surface area contributed by atoms with Crippen molar-refractivity contribution in [1.29, 1.82) is 0 Å². The van der Waals surface area contributed by atoms with Gasteiger partial charge in [-0.25, -0.2) is 0 Å². The van der Waals surface area contributed by atoms with Gasteiger partial charge in [-0.2, -0.15) is 0 Å². The molecule has 0 aliphatic heterocycles. The molecule has 0 bridgehead atoms. The first-order valence-corrected chi connectivity index (χ1v) is 27.0. The molecule has 8 rings (SSSR count). The van der Waals surface area contributed by atoms with E-state index in [1.54, 1.807) is 9.80 Å². The third kappa shape index (κ3) is 6.44. The fraction of sp³-hybridized carbons (Fsp3) is 0.130. The molecular formula is C46H43IN2O8Si2. The van der Waals surface area contributed by atoms with Crippen LogP contribution < -0.4 is 20.2 Å². The monoisotopic (exact) mass is 934 g/mol. The molecule has 0 saturated heterocycles. The van der Waals surface area contributed by atoms with Crippen LogP contribution in [0, 0.1) is 3.57 Å². The van der Waals surface area contributed by atoms with Crippen molar-refractivity contribution in [3.63, 3.8) is 0 Å². The quantitative estimate of drug-likeness (QED) is 0.0241. The lowest BCUT2D eigenvalue weighted by molar-refractivity contribution is 0.345. The molecule has 10 nitrogen and oxygen atoms in total. The third-order valence-electron chi connectivity index (χ3n) is 11.1. The summed E-state index contributed by atoms with van der Waals surface area (Å²) in [7, 11) is -3.44. The first-order chi connectivity index (χ1) is 27.8. The zero-order chi connectivity index (χ0) is 42.5. The number of nitrogens with zero attached hydrogens (tertiary/aromatic N) is 2. The Kier molecular flexibility index (Phi) is 9.48. The minimum atomic E-state index is -1.72. The van der Waals surface area contributed by atoms with Crippen LogP contribution in [0.2, 0.25) is 39.3 Å². The van der Waals surface area contributed by atoms with E-state index in [-0.39, 0.29) is 14.9 Å². The standard InChI is InChI=1S/C46H43IN2O8Si2/c1-58(2,3)28-15-11-26(12-16-28)48(39-38(47)43(54)45(56)46(57)44(39)55)32-21-9-24-8-20-31-33(22-10-25-7-19-30(32)36(24)37(25)31)49(27-13-17-29(18-14-27)59(4,5)6)40-41(52)34(50)23-35(51)42(40)53/h7-23,50-57H,1-6H3. The Bertz CT molecular complexity index is 2910. The summed E-state index contributed by atoms with van der Waals surface area (Å²) in [5, 5.41) is 95.4. The largest absolute Gasteiger partial charge is 0.504 e. The van der Waals surface area contributed by atoms with Gasteiger partial charge in [0, 0.05) is 28.2 Å². The van der Waals surface area contributed by atoms with Crippen molar-refractivity contribution in [2.24, 2.45) is 0 Å². The maximum absolute atomic E-state index is 11.5. The predicted octanol–water partition coefficient (Wildman–Crippen LogP) is 10.9. The van der Waals surface area contributed by atoms with Crippen LogP contribution in [0.1, 0.15) is 0 Å². The van der Waals surface area contributed by atoms with Crippen molar-refractivity contribution in [2.75, 3.05) is 9.80 Å². The molecule has 0 aliphatic carbocycles. The summed E-state index contributed by atoms with van der Waals surface area (Å²) in [6.45, 7) is 13.4. The van der Waals surface area contributed by atoms with Crippen molar-refractivity contribution >= 4 is 116 Å². The summed E-state index contributed by atoms with van der Waals surface area (Å²) in [5.41, 5.74) is 2.18. The Balaban J connectivity index is 1.44. The highest BCUT2D eigenvalue weighted by Gasteiger charge is 2.31. The minimum absolute atomic E-state index is 0.0671. The molecule has 8 N–H and O–H groups in total. The third-order valence-corrected chi connectivity index (χ3v) is 16.2. The molecule has 13 heteroatoms. The number of benzene rings is 8. The van der Waals surface area contributed by atoms with Gasteiger partial charge in [0.2, 0.25) is 11.5 Å². The molecule has 8 aromatic rings. The zero-order valence-corrected chi connectivity index (χ0v) is 37.3. The lowest BCUT2D eigenvalue weighted by atomic mass is 9.91. The fourth-order valence-corrected chi connectivity index (χ4v) is 10.9. The molecule has 0 amide bonds. The normalized spacial score (nSPS) is 12.2. The molecule has 0 saturated carbocycles. The van der Waals surface area contributed by atoms with Crippen LogP contribution in [0.15, 0.2) is 103 Å². The number of hydrogen-bond donors (Lipinski definition) is 8. The Labute approximate surface area is 356 Å². The van der Waals surface area contributed by atoms with E-state index in [1.165, 1.54) is 10.4 Å². The maximum atomic E-state index is 11.5. The van der Waals surface area contributed by atoms with Gasteiger partial charge in [0.1, 0.15) is 11.4 Å². The second kappa shape index (κ2) is 14.1. The van der Waals surface area contributed by atoms with Crippen molar-refractivity contribution in [3.8, 4) is 46.0 Å². The maximum Gasteiger partial charge on any atom is 0.206 e. The highest BCUT2D eigenvalue weighted by molar-refractivity contribution is 14.1. The molecule has 0 atom stereocenters. The van der Waals surface area contributed by atoms with Crippen LogP contribution in [0.3, 0.4) is 0 Å². The van der Waals surface area contributed by atoms with Gasteiger partial charge in [0.25, 0.3) is 0 Å². The zero-order valence-electron chi connectivity index (χ0n) is 33.2. The van der Waals surface area contributed by atoms with Gasteiger partial charge < -0.3 is 50.7 Å². The molecule has 0 aromatic heterocycles. The number of phenols is 8. The highest BCUT2D eigenvalue weighted by Crippen LogP contribution is 2.57. The van der Waals surface area contributed by atoms with E-state index in [4.69, 9.17) is 0 Å². The van der Waals surface area contributed by atoms with Crippen molar-refractivity contribution in [3.05, 3.63) is 107 Å². The lowest BCUT2D eigenvalue weighted by Crippen LogP contribution is -2.37.